The topological polar surface area (TPSA) is 51.8 Å². The lowest BCUT2D eigenvalue weighted by atomic mass is 9.91. The zero-order chi connectivity index (χ0) is 13.3. The van der Waals surface area contributed by atoms with Crippen molar-refractivity contribution in [1.29, 1.82) is 0 Å². The number of nitrogens with zero attached hydrogens (tertiary/aromatic N) is 2. The first-order valence-corrected chi connectivity index (χ1v) is 7.83. The lowest BCUT2D eigenvalue weighted by Crippen LogP contribution is -2.13. The van der Waals surface area contributed by atoms with E-state index in [0.717, 1.165) is 24.2 Å². The number of rotatable bonds is 3. The first-order chi connectivity index (χ1) is 8.41. The van der Waals surface area contributed by atoms with E-state index in [2.05, 4.69) is 32.7 Å². The lowest BCUT2D eigenvalue weighted by Gasteiger charge is -2.16. The molecule has 0 aliphatic rings. The molecule has 3 nitrogen and oxygen atoms in total. The minimum Gasteiger partial charge on any atom is -0.375 e. The monoisotopic (exact) mass is 281 g/mol. The molecule has 2 N–H and O–H groups in total. The summed E-state index contributed by atoms with van der Waals surface area (Å²) in [5.74, 6) is 0. The third-order valence-electron chi connectivity index (χ3n) is 2.60. The van der Waals surface area contributed by atoms with Gasteiger partial charge < -0.3 is 5.73 Å². The van der Waals surface area contributed by atoms with Gasteiger partial charge in [-0.1, -0.05) is 27.7 Å². The first-order valence-electron chi connectivity index (χ1n) is 6.13. The predicted octanol–water partition coefficient (Wildman–Crippen LogP) is 4.10. The maximum Gasteiger partial charge on any atom is 0.180 e. The SMILES string of the molecule is CCCc1nc(C(C)(C)C)c(-c2csc(N)n2)s1. The summed E-state index contributed by atoms with van der Waals surface area (Å²) < 4.78 is 0. The van der Waals surface area contributed by atoms with Crippen molar-refractivity contribution in [2.45, 2.75) is 46.0 Å². The number of nitrogen functional groups attached to an aromatic ring is 1. The van der Waals surface area contributed by atoms with Crippen molar-refractivity contribution >= 4 is 27.8 Å². The van der Waals surface area contributed by atoms with Gasteiger partial charge in [0.2, 0.25) is 0 Å². The molecule has 2 heterocycles. The Hall–Kier alpha value is -0.940. The summed E-state index contributed by atoms with van der Waals surface area (Å²) in [6.07, 6.45) is 2.16. The van der Waals surface area contributed by atoms with E-state index in [1.165, 1.54) is 21.2 Å². The van der Waals surface area contributed by atoms with Crippen LogP contribution in [0, 0.1) is 0 Å². The Morgan fingerprint density at radius 3 is 2.50 bits per heavy atom. The van der Waals surface area contributed by atoms with Gasteiger partial charge in [0.1, 0.15) is 0 Å². The molecule has 0 radical (unpaired) electrons. The molecule has 0 amide bonds. The molecule has 0 fully saturated rings. The highest BCUT2D eigenvalue weighted by atomic mass is 32.1. The van der Waals surface area contributed by atoms with Gasteiger partial charge >= 0.3 is 0 Å². The number of hydrogen-bond acceptors (Lipinski definition) is 5. The van der Waals surface area contributed by atoms with Crippen LogP contribution in [0.3, 0.4) is 0 Å². The predicted molar refractivity (Wildman–Crippen MR) is 80.3 cm³/mol. The standard InChI is InChI=1S/C13H19N3S2/c1-5-6-9-16-11(13(2,3)4)10(18-9)8-7-17-12(14)15-8/h7H,5-6H2,1-4H3,(H2,14,15). The molecule has 0 aliphatic heterocycles. The molecule has 18 heavy (non-hydrogen) atoms. The summed E-state index contributed by atoms with van der Waals surface area (Å²) >= 11 is 3.24. The van der Waals surface area contributed by atoms with Gasteiger partial charge in [0.15, 0.2) is 5.13 Å². The molecule has 2 aromatic rings. The Balaban J connectivity index is 2.50. The summed E-state index contributed by atoms with van der Waals surface area (Å²) in [7, 11) is 0. The Morgan fingerprint density at radius 1 is 1.28 bits per heavy atom. The van der Waals surface area contributed by atoms with E-state index in [1.54, 1.807) is 11.3 Å². The Kier molecular flexibility index (Phi) is 3.73. The van der Waals surface area contributed by atoms with Crippen molar-refractivity contribution in [3.05, 3.63) is 16.1 Å². The molecule has 5 heteroatoms. The molecule has 0 saturated carbocycles. The van der Waals surface area contributed by atoms with Gasteiger partial charge in [0.25, 0.3) is 0 Å². The second kappa shape index (κ2) is 4.97. The highest BCUT2D eigenvalue weighted by molar-refractivity contribution is 7.16. The van der Waals surface area contributed by atoms with E-state index in [-0.39, 0.29) is 5.41 Å². The summed E-state index contributed by atoms with van der Waals surface area (Å²) in [6, 6.07) is 0. The number of thiazole rings is 2. The van der Waals surface area contributed by atoms with Crippen LogP contribution in [0.1, 0.15) is 44.8 Å². The zero-order valence-corrected chi connectivity index (χ0v) is 12.9. The normalized spacial score (nSPS) is 12.0. The molecule has 0 aliphatic carbocycles. The molecule has 0 atom stereocenters. The minimum atomic E-state index is 0.0379. The molecule has 0 spiro atoms. The highest BCUT2D eigenvalue weighted by Gasteiger charge is 2.25. The second-order valence-corrected chi connectivity index (χ2v) is 7.33. The molecule has 2 aromatic heterocycles. The van der Waals surface area contributed by atoms with Gasteiger partial charge in [-0.3, -0.25) is 0 Å². The third-order valence-corrected chi connectivity index (χ3v) is 4.41. The van der Waals surface area contributed by atoms with Crippen LogP contribution in [0.2, 0.25) is 0 Å². The Morgan fingerprint density at radius 2 is 2.00 bits per heavy atom. The summed E-state index contributed by atoms with van der Waals surface area (Å²) in [5, 5.41) is 3.84. The summed E-state index contributed by atoms with van der Waals surface area (Å²) in [6.45, 7) is 8.75. The number of hydrogen-bond donors (Lipinski definition) is 1. The average Bonchev–Trinajstić information content (AvgIpc) is 2.83. The number of aromatic nitrogens is 2. The maximum atomic E-state index is 5.73. The van der Waals surface area contributed by atoms with E-state index < -0.39 is 0 Å². The molecular weight excluding hydrogens is 262 g/mol. The quantitative estimate of drug-likeness (QED) is 0.921. The van der Waals surface area contributed by atoms with Crippen molar-refractivity contribution in [3.63, 3.8) is 0 Å². The number of nitrogens with two attached hydrogens (primary N) is 1. The molecule has 0 saturated heterocycles. The van der Waals surface area contributed by atoms with Crippen LogP contribution < -0.4 is 5.73 Å². The fourth-order valence-corrected chi connectivity index (χ4v) is 3.72. The highest BCUT2D eigenvalue weighted by Crippen LogP contribution is 2.38. The van der Waals surface area contributed by atoms with Gasteiger partial charge in [-0.05, 0) is 12.8 Å². The molecule has 98 valence electrons. The summed E-state index contributed by atoms with van der Waals surface area (Å²) in [4.78, 5) is 10.4. The van der Waals surface area contributed by atoms with Crippen molar-refractivity contribution in [2.24, 2.45) is 0 Å². The van der Waals surface area contributed by atoms with Gasteiger partial charge in [-0.25, -0.2) is 9.97 Å². The van der Waals surface area contributed by atoms with Gasteiger partial charge in [0, 0.05) is 10.8 Å². The smallest absolute Gasteiger partial charge is 0.180 e. The van der Waals surface area contributed by atoms with Gasteiger partial charge in [0.05, 0.1) is 21.3 Å². The van der Waals surface area contributed by atoms with E-state index >= 15 is 0 Å². The van der Waals surface area contributed by atoms with E-state index in [4.69, 9.17) is 10.7 Å². The van der Waals surface area contributed by atoms with Gasteiger partial charge in [-0.2, -0.15) is 0 Å². The number of anilines is 1. The first kappa shape index (κ1) is 13.5. The maximum absolute atomic E-state index is 5.73. The lowest BCUT2D eigenvalue weighted by molar-refractivity contribution is 0.572. The molecular formula is C13H19N3S2. The summed E-state index contributed by atoms with van der Waals surface area (Å²) in [5.41, 5.74) is 7.88. The molecule has 2 rings (SSSR count). The van der Waals surface area contributed by atoms with Gasteiger partial charge in [-0.15, -0.1) is 22.7 Å². The van der Waals surface area contributed by atoms with Crippen molar-refractivity contribution in [2.75, 3.05) is 5.73 Å². The molecule has 0 aromatic carbocycles. The average molecular weight is 281 g/mol. The largest absolute Gasteiger partial charge is 0.375 e. The fraction of sp³-hybridized carbons (Fsp3) is 0.538. The van der Waals surface area contributed by atoms with Crippen LogP contribution >= 0.6 is 22.7 Å². The fourth-order valence-electron chi connectivity index (χ4n) is 1.76. The van der Waals surface area contributed by atoms with Crippen LogP contribution in [0.15, 0.2) is 5.38 Å². The van der Waals surface area contributed by atoms with Crippen molar-refractivity contribution < 1.29 is 0 Å². The second-order valence-electron chi connectivity index (χ2n) is 5.36. The van der Waals surface area contributed by atoms with Crippen molar-refractivity contribution in [3.8, 4) is 10.6 Å². The van der Waals surface area contributed by atoms with Crippen LogP contribution in [0.4, 0.5) is 5.13 Å². The zero-order valence-electron chi connectivity index (χ0n) is 11.3. The Bertz CT molecular complexity index is 535. The van der Waals surface area contributed by atoms with Crippen molar-refractivity contribution in [1.82, 2.24) is 9.97 Å². The number of aryl methyl sites for hydroxylation is 1. The third kappa shape index (κ3) is 2.72. The van der Waals surface area contributed by atoms with Crippen LogP contribution in [-0.2, 0) is 11.8 Å². The van der Waals surface area contributed by atoms with E-state index in [0.29, 0.717) is 5.13 Å². The molecule has 0 unspecified atom stereocenters. The Labute approximate surface area is 116 Å². The minimum absolute atomic E-state index is 0.0379. The van der Waals surface area contributed by atoms with Crippen LogP contribution in [-0.4, -0.2) is 9.97 Å². The molecule has 0 bridgehead atoms. The van der Waals surface area contributed by atoms with E-state index in [1.807, 2.05) is 5.38 Å². The van der Waals surface area contributed by atoms with Crippen LogP contribution in [0.25, 0.3) is 10.6 Å². The van der Waals surface area contributed by atoms with E-state index in [9.17, 15) is 0 Å². The van der Waals surface area contributed by atoms with Crippen LogP contribution in [0.5, 0.6) is 0 Å².